The molecule has 3 fully saturated rings. The van der Waals surface area contributed by atoms with Crippen LogP contribution in [0.25, 0.3) is 6.08 Å². The first-order chi connectivity index (χ1) is 21.9. The summed E-state index contributed by atoms with van der Waals surface area (Å²) in [6.45, 7) is 5.77. The first-order valence-electron chi connectivity index (χ1n) is 16.5. The smallest absolute Gasteiger partial charge is 0.416 e. The van der Waals surface area contributed by atoms with Crippen LogP contribution in [0.2, 0.25) is 0 Å². The molecule has 2 aromatic carbocycles. The van der Waals surface area contributed by atoms with Crippen molar-refractivity contribution in [2.75, 3.05) is 26.2 Å². The molecule has 46 heavy (non-hydrogen) atoms. The van der Waals surface area contributed by atoms with Gasteiger partial charge in [-0.05, 0) is 98.2 Å². The molecule has 246 valence electrons. The van der Waals surface area contributed by atoms with Gasteiger partial charge >= 0.3 is 6.18 Å². The molecule has 7 rings (SSSR count). The highest BCUT2D eigenvalue weighted by Crippen LogP contribution is 2.65. The third-order valence-electron chi connectivity index (χ3n) is 11.0. The van der Waals surface area contributed by atoms with Crippen molar-refractivity contribution in [1.82, 2.24) is 9.80 Å². The molecule has 2 heterocycles. The van der Waals surface area contributed by atoms with Crippen molar-refractivity contribution in [3.63, 3.8) is 0 Å². The van der Waals surface area contributed by atoms with Gasteiger partial charge in [0.05, 0.1) is 17.2 Å². The van der Waals surface area contributed by atoms with Gasteiger partial charge in [-0.25, -0.2) is 0 Å². The number of likely N-dealkylation sites (tertiary alicyclic amines) is 1. The number of aliphatic hydroxyl groups is 1. The number of hydrogen-bond donors (Lipinski definition) is 2. The Morgan fingerprint density at radius 1 is 1.15 bits per heavy atom. The highest BCUT2D eigenvalue weighted by molar-refractivity contribution is 6.01. The van der Waals surface area contributed by atoms with E-state index in [1.54, 1.807) is 12.1 Å². The predicted molar refractivity (Wildman–Crippen MR) is 166 cm³/mol. The van der Waals surface area contributed by atoms with Gasteiger partial charge < -0.3 is 19.8 Å². The van der Waals surface area contributed by atoms with Crippen LogP contribution < -0.4 is 4.74 Å². The zero-order valence-corrected chi connectivity index (χ0v) is 26.2. The SMILES string of the molecule is CC(C)CN(C(=O)C=Cc1ccc(C(F)(F)F)cc1)C1CC[C@H]2[C@H]3Cc4cc(C(=O)CO)c(O)c5c4[C@@]2(CCN3CC2CC2)C1O5. The summed E-state index contributed by atoms with van der Waals surface area (Å²) in [5, 5.41) is 21.1. The molecule has 1 saturated heterocycles. The van der Waals surface area contributed by atoms with Crippen LogP contribution in [0.4, 0.5) is 13.2 Å². The third-order valence-corrected chi connectivity index (χ3v) is 11.0. The zero-order valence-electron chi connectivity index (χ0n) is 26.2. The number of ketones is 1. The zero-order chi connectivity index (χ0) is 32.5. The number of carbonyl (C=O) groups is 2. The summed E-state index contributed by atoms with van der Waals surface area (Å²) >= 11 is 0. The lowest BCUT2D eigenvalue weighted by Crippen LogP contribution is -2.69. The second-order valence-corrected chi connectivity index (χ2v) is 14.3. The summed E-state index contributed by atoms with van der Waals surface area (Å²) in [5.41, 5.74) is 1.35. The van der Waals surface area contributed by atoms with Crippen LogP contribution in [0.5, 0.6) is 11.5 Å². The van der Waals surface area contributed by atoms with Gasteiger partial charge in [-0.1, -0.05) is 26.0 Å². The summed E-state index contributed by atoms with van der Waals surface area (Å²) < 4.78 is 46.0. The molecular formula is C36H41F3N2O5. The average Bonchev–Trinajstić information content (AvgIpc) is 3.77. The number of Topliss-reactive ketones (excluding diaryl/α,β-unsaturated/α-hetero) is 1. The second kappa shape index (κ2) is 11.4. The van der Waals surface area contributed by atoms with Crippen molar-refractivity contribution in [3.05, 3.63) is 64.2 Å². The van der Waals surface area contributed by atoms with E-state index >= 15 is 0 Å². The van der Waals surface area contributed by atoms with Crippen LogP contribution >= 0.6 is 0 Å². The Balaban J connectivity index is 1.25. The quantitative estimate of drug-likeness (QED) is 0.275. The number of phenolic OH excluding ortho intramolecular Hbond substituents is 1. The van der Waals surface area contributed by atoms with Gasteiger partial charge in [0.15, 0.2) is 17.3 Å². The second-order valence-electron chi connectivity index (χ2n) is 14.3. The van der Waals surface area contributed by atoms with Gasteiger partial charge in [-0.2, -0.15) is 13.2 Å². The number of alkyl halides is 3. The maximum Gasteiger partial charge on any atom is 0.416 e. The fourth-order valence-electron chi connectivity index (χ4n) is 8.98. The highest BCUT2D eigenvalue weighted by Gasteiger charge is 2.67. The number of ether oxygens (including phenoxy) is 1. The van der Waals surface area contributed by atoms with E-state index in [1.165, 1.54) is 31.1 Å². The number of halogens is 3. The lowest BCUT2D eigenvalue weighted by atomic mass is 9.50. The van der Waals surface area contributed by atoms with E-state index in [4.69, 9.17) is 4.74 Å². The van der Waals surface area contributed by atoms with Crippen LogP contribution in [0.3, 0.4) is 0 Å². The van der Waals surface area contributed by atoms with E-state index < -0.39 is 35.6 Å². The molecule has 2 aromatic rings. The number of rotatable bonds is 9. The molecule has 5 atom stereocenters. The summed E-state index contributed by atoms with van der Waals surface area (Å²) in [4.78, 5) is 31.2. The summed E-state index contributed by atoms with van der Waals surface area (Å²) in [6.07, 6.45) is 3.79. The van der Waals surface area contributed by atoms with E-state index in [9.17, 15) is 33.0 Å². The van der Waals surface area contributed by atoms with Crippen LogP contribution in [-0.2, 0) is 22.8 Å². The first-order valence-corrected chi connectivity index (χ1v) is 16.5. The van der Waals surface area contributed by atoms with Crippen LogP contribution in [-0.4, -0.2) is 76.1 Å². The molecule has 2 N–H and O–H groups in total. The van der Waals surface area contributed by atoms with Gasteiger partial charge in [-0.3, -0.25) is 14.5 Å². The molecule has 1 spiro atoms. The Labute approximate surface area is 267 Å². The van der Waals surface area contributed by atoms with Crippen LogP contribution in [0, 0.1) is 17.8 Å². The Morgan fingerprint density at radius 2 is 1.89 bits per heavy atom. The largest absolute Gasteiger partial charge is 0.504 e. The number of phenols is 1. The lowest BCUT2D eigenvalue weighted by Gasteiger charge is -2.60. The maximum atomic E-state index is 14.0. The molecule has 2 saturated carbocycles. The topological polar surface area (TPSA) is 90.3 Å². The van der Waals surface area contributed by atoms with E-state index in [2.05, 4.69) is 4.90 Å². The molecule has 5 aliphatic rings. The van der Waals surface area contributed by atoms with E-state index in [-0.39, 0.29) is 41.1 Å². The Kier molecular flexibility index (Phi) is 7.74. The first kappa shape index (κ1) is 31.2. The maximum absolute atomic E-state index is 14.0. The molecular weight excluding hydrogens is 597 g/mol. The van der Waals surface area contributed by atoms with Gasteiger partial charge in [0.2, 0.25) is 5.91 Å². The summed E-state index contributed by atoms with van der Waals surface area (Å²) in [5.74, 6) is 0.416. The van der Waals surface area contributed by atoms with Crippen molar-refractivity contribution in [1.29, 1.82) is 0 Å². The fourth-order valence-corrected chi connectivity index (χ4v) is 8.98. The van der Waals surface area contributed by atoms with Gasteiger partial charge in [0.25, 0.3) is 0 Å². The number of benzene rings is 2. The molecule has 0 radical (unpaired) electrons. The number of piperidine rings is 1. The molecule has 2 unspecified atom stereocenters. The van der Waals surface area contributed by atoms with Crippen LogP contribution in [0.15, 0.2) is 36.4 Å². The average molecular weight is 639 g/mol. The number of nitrogens with zero attached hydrogens (tertiary/aromatic N) is 2. The summed E-state index contributed by atoms with van der Waals surface area (Å²) in [6, 6.07) is 6.44. The minimum atomic E-state index is -4.43. The predicted octanol–water partition coefficient (Wildman–Crippen LogP) is 5.60. The number of aromatic hydroxyl groups is 1. The fraction of sp³-hybridized carbons (Fsp3) is 0.556. The molecule has 7 nitrogen and oxygen atoms in total. The van der Waals surface area contributed by atoms with Crippen molar-refractivity contribution in [2.45, 2.75) is 82.2 Å². The Bertz CT molecular complexity index is 1570. The van der Waals surface area contributed by atoms with Crippen molar-refractivity contribution >= 4 is 17.8 Å². The molecule has 2 bridgehead atoms. The van der Waals surface area contributed by atoms with Gasteiger partial charge in [-0.15, -0.1) is 0 Å². The molecule has 1 amide bonds. The minimum Gasteiger partial charge on any atom is -0.504 e. The number of hydrogen-bond acceptors (Lipinski definition) is 6. The Morgan fingerprint density at radius 3 is 2.54 bits per heavy atom. The number of aliphatic hydroxyl groups excluding tert-OH is 1. The van der Waals surface area contributed by atoms with Crippen molar-refractivity contribution in [3.8, 4) is 11.5 Å². The van der Waals surface area contributed by atoms with Gasteiger partial charge in [0, 0.05) is 36.2 Å². The lowest BCUT2D eigenvalue weighted by molar-refractivity contribution is -0.139. The number of amides is 1. The molecule has 10 heteroatoms. The third kappa shape index (κ3) is 5.12. The monoisotopic (exact) mass is 638 g/mol. The minimum absolute atomic E-state index is 0.0719. The van der Waals surface area contributed by atoms with Crippen LogP contribution in [0.1, 0.15) is 78.6 Å². The van der Waals surface area contributed by atoms with E-state index in [0.717, 1.165) is 61.5 Å². The number of carbonyl (C=O) groups excluding carboxylic acids is 2. The highest BCUT2D eigenvalue weighted by atomic mass is 19.4. The molecule has 3 aliphatic carbocycles. The molecule has 0 aromatic heterocycles. The van der Waals surface area contributed by atoms with Crippen molar-refractivity contribution < 1.29 is 37.7 Å². The van der Waals surface area contributed by atoms with Crippen molar-refractivity contribution in [2.24, 2.45) is 17.8 Å². The van der Waals surface area contributed by atoms with Gasteiger partial charge in [0.1, 0.15) is 12.7 Å². The van der Waals surface area contributed by atoms with E-state index in [1.807, 2.05) is 18.7 Å². The Hall–Kier alpha value is -3.37. The standard InChI is InChI=1S/C36H41F3N2O5/c1-20(2)17-41(30(44)12-7-21-5-8-24(9-6-21)36(37,38)39)27-11-10-26-28-16-23-15-25(29(43)19-42)32(45)33-31(23)35(26,34(27)46-33)13-14-40(28)18-22-3-4-22/h5-9,12,15,20,22,26-28,34,42,45H,3-4,10-11,13-14,16-19H2,1-2H3/t26-,27?,28+,34?,35-/m0/s1. The molecule has 2 aliphatic heterocycles. The summed E-state index contributed by atoms with van der Waals surface area (Å²) in [7, 11) is 0. The normalized spacial score (nSPS) is 28.3. The van der Waals surface area contributed by atoms with E-state index in [0.29, 0.717) is 24.3 Å².